The molecule has 1 N–H and O–H groups in total. The number of halogens is 3. The summed E-state index contributed by atoms with van der Waals surface area (Å²) in [5, 5.41) is 10.4. The molecule has 0 radical (unpaired) electrons. The average molecular weight is 588 g/mol. The number of benzene rings is 2. The molecule has 1 saturated heterocycles. The first-order valence-electron chi connectivity index (χ1n) is 12.4. The number of alkyl halides is 3. The predicted molar refractivity (Wildman–Crippen MR) is 143 cm³/mol. The lowest BCUT2D eigenvalue weighted by Gasteiger charge is -2.36. The molecule has 2 aromatic carbocycles. The summed E-state index contributed by atoms with van der Waals surface area (Å²) in [5.41, 5.74) is -4.39. The van der Waals surface area contributed by atoms with Crippen LogP contribution < -0.4 is 10.6 Å². The number of pyridine rings is 1. The van der Waals surface area contributed by atoms with Crippen molar-refractivity contribution < 1.29 is 31.5 Å². The van der Waals surface area contributed by atoms with Crippen LogP contribution in [0.1, 0.15) is 16.1 Å². The molecule has 214 valence electrons. The molecular formula is C27H24F3N5O5S. The number of piperazine rings is 1. The second-order valence-corrected chi connectivity index (χ2v) is 11.3. The average Bonchev–Trinajstić information content (AvgIpc) is 3.24. The van der Waals surface area contributed by atoms with E-state index >= 15 is 0 Å². The van der Waals surface area contributed by atoms with Gasteiger partial charge in [-0.3, -0.25) is 14.3 Å². The number of carbonyl (C=O) groups is 1. The Balaban J connectivity index is 1.30. The lowest BCUT2D eigenvalue weighted by atomic mass is 10.2. The molecule has 41 heavy (non-hydrogen) atoms. The van der Waals surface area contributed by atoms with Crippen molar-refractivity contribution in [3.05, 3.63) is 101 Å². The lowest BCUT2D eigenvalue weighted by Crippen LogP contribution is -2.49. The largest absolute Gasteiger partial charge is 0.501 e. The van der Waals surface area contributed by atoms with Gasteiger partial charge in [-0.2, -0.15) is 13.2 Å². The van der Waals surface area contributed by atoms with Crippen molar-refractivity contribution in [2.45, 2.75) is 16.9 Å². The Kier molecular flexibility index (Phi) is 7.34. The Hall–Kier alpha value is -4.59. The molecule has 4 aromatic rings. The van der Waals surface area contributed by atoms with Gasteiger partial charge < -0.3 is 14.9 Å². The zero-order valence-corrected chi connectivity index (χ0v) is 22.2. The SMILES string of the molecule is O=C(c1cc(Cn2cc(O)n(-c3ccc(S(=O)(=O)C(F)(F)F)cc3)c2=O)ccn1)N1CCN(c2ccccc2)CC1. The molecule has 0 aliphatic carbocycles. The molecule has 5 rings (SSSR count). The van der Waals surface area contributed by atoms with E-state index < -0.39 is 31.8 Å². The number of sulfone groups is 1. The molecule has 3 heterocycles. The van der Waals surface area contributed by atoms with Crippen LogP contribution in [-0.2, 0) is 16.4 Å². The monoisotopic (exact) mass is 587 g/mol. The fourth-order valence-electron chi connectivity index (χ4n) is 4.60. The first-order chi connectivity index (χ1) is 19.5. The Morgan fingerprint density at radius 2 is 1.59 bits per heavy atom. The maximum absolute atomic E-state index is 13.1. The first-order valence-corrected chi connectivity index (χ1v) is 13.9. The maximum atomic E-state index is 13.1. The van der Waals surface area contributed by atoms with Crippen LogP contribution in [0.15, 0.2) is 88.8 Å². The van der Waals surface area contributed by atoms with Gasteiger partial charge in [-0.1, -0.05) is 18.2 Å². The number of anilines is 1. The van der Waals surface area contributed by atoms with E-state index in [1.165, 1.54) is 6.20 Å². The van der Waals surface area contributed by atoms with Crippen LogP contribution in [0.3, 0.4) is 0 Å². The summed E-state index contributed by atoms with van der Waals surface area (Å²) in [7, 11) is -5.56. The molecule has 2 aromatic heterocycles. The zero-order chi connectivity index (χ0) is 29.4. The highest BCUT2D eigenvalue weighted by molar-refractivity contribution is 7.92. The second kappa shape index (κ2) is 10.8. The van der Waals surface area contributed by atoms with E-state index in [0.29, 0.717) is 43.9 Å². The number of amides is 1. The van der Waals surface area contributed by atoms with Crippen molar-refractivity contribution in [1.82, 2.24) is 19.0 Å². The van der Waals surface area contributed by atoms with Gasteiger partial charge in [-0.15, -0.1) is 0 Å². The third-order valence-corrected chi connectivity index (χ3v) is 8.23. The number of para-hydroxylation sites is 1. The summed E-state index contributed by atoms with van der Waals surface area (Å²) < 4.78 is 63.7. The molecular weight excluding hydrogens is 563 g/mol. The molecule has 0 bridgehead atoms. The first kappa shape index (κ1) is 28.0. The highest BCUT2D eigenvalue weighted by atomic mass is 32.2. The van der Waals surface area contributed by atoms with Crippen molar-refractivity contribution in [2.75, 3.05) is 31.1 Å². The molecule has 1 aliphatic heterocycles. The van der Waals surface area contributed by atoms with Crippen molar-refractivity contribution >= 4 is 21.4 Å². The van der Waals surface area contributed by atoms with Crippen LogP contribution >= 0.6 is 0 Å². The second-order valence-electron chi connectivity index (χ2n) is 9.34. The summed E-state index contributed by atoms with van der Waals surface area (Å²) in [6, 6.07) is 16.5. The van der Waals surface area contributed by atoms with Gasteiger partial charge in [0.05, 0.1) is 23.3 Å². The van der Waals surface area contributed by atoms with Crippen LogP contribution in [0.4, 0.5) is 18.9 Å². The molecule has 0 atom stereocenters. The van der Waals surface area contributed by atoms with Crippen LogP contribution in [0.2, 0.25) is 0 Å². The molecule has 1 aliphatic rings. The molecule has 0 spiro atoms. The highest BCUT2D eigenvalue weighted by Gasteiger charge is 2.46. The Bertz CT molecular complexity index is 1730. The van der Waals surface area contributed by atoms with Crippen LogP contribution in [-0.4, -0.2) is 70.1 Å². The lowest BCUT2D eigenvalue weighted by molar-refractivity contribution is -0.0436. The summed E-state index contributed by atoms with van der Waals surface area (Å²) in [6.07, 6.45) is 2.58. The minimum absolute atomic E-state index is 0.0346. The fraction of sp³-hybridized carbons (Fsp3) is 0.222. The Morgan fingerprint density at radius 1 is 0.927 bits per heavy atom. The van der Waals surface area contributed by atoms with E-state index in [2.05, 4.69) is 9.88 Å². The normalized spacial score (nSPS) is 14.3. The standard InChI is InChI=1S/C27H24F3N5O5S/c28-27(29,30)41(39,40)22-8-6-21(7-9-22)35-24(36)18-34(26(35)38)17-19-10-11-31-23(16-19)25(37)33-14-12-32(13-15-33)20-4-2-1-3-5-20/h1-11,16,18,36H,12-15,17H2. The van der Waals surface area contributed by atoms with Gasteiger partial charge in [0.2, 0.25) is 5.88 Å². The van der Waals surface area contributed by atoms with Crippen molar-refractivity contribution in [3.8, 4) is 11.6 Å². The Labute approximate surface area is 232 Å². The Morgan fingerprint density at radius 3 is 2.22 bits per heavy atom. The fourth-order valence-corrected chi connectivity index (χ4v) is 5.36. The van der Waals surface area contributed by atoms with E-state index in [0.717, 1.165) is 33.2 Å². The van der Waals surface area contributed by atoms with Gasteiger partial charge in [0.25, 0.3) is 15.7 Å². The minimum Gasteiger partial charge on any atom is -0.493 e. The molecule has 10 nitrogen and oxygen atoms in total. The van der Waals surface area contributed by atoms with Crippen molar-refractivity contribution in [3.63, 3.8) is 0 Å². The van der Waals surface area contributed by atoms with Gasteiger partial charge in [0, 0.05) is 38.1 Å². The molecule has 14 heteroatoms. The number of aromatic hydroxyl groups is 1. The summed E-state index contributed by atoms with van der Waals surface area (Å²) in [6.45, 7) is 2.32. The summed E-state index contributed by atoms with van der Waals surface area (Å²) in [5.74, 6) is -0.760. The number of rotatable bonds is 6. The van der Waals surface area contributed by atoms with Gasteiger partial charge in [-0.25, -0.2) is 17.8 Å². The third kappa shape index (κ3) is 5.55. The number of nitrogens with zero attached hydrogens (tertiary/aromatic N) is 5. The highest BCUT2D eigenvalue weighted by Crippen LogP contribution is 2.30. The quantitative estimate of drug-likeness (QED) is 0.369. The minimum atomic E-state index is -5.56. The van der Waals surface area contributed by atoms with Gasteiger partial charge in [-0.05, 0) is 54.1 Å². The summed E-state index contributed by atoms with van der Waals surface area (Å²) in [4.78, 5) is 33.3. The predicted octanol–water partition coefficient (Wildman–Crippen LogP) is 3.04. The van der Waals surface area contributed by atoms with Crippen molar-refractivity contribution in [1.29, 1.82) is 0 Å². The third-order valence-electron chi connectivity index (χ3n) is 6.73. The number of carbonyl (C=O) groups excluding carboxylic acids is 1. The van der Waals surface area contributed by atoms with Gasteiger partial charge >= 0.3 is 11.2 Å². The van der Waals surface area contributed by atoms with E-state index in [1.54, 1.807) is 17.0 Å². The van der Waals surface area contributed by atoms with Crippen molar-refractivity contribution in [2.24, 2.45) is 0 Å². The van der Waals surface area contributed by atoms with E-state index in [9.17, 15) is 36.3 Å². The number of imidazole rings is 1. The summed E-state index contributed by atoms with van der Waals surface area (Å²) >= 11 is 0. The molecule has 0 saturated carbocycles. The van der Waals surface area contributed by atoms with Gasteiger partial charge in [0.1, 0.15) is 5.69 Å². The van der Waals surface area contributed by atoms with Crippen LogP contribution in [0.5, 0.6) is 5.88 Å². The number of hydrogen-bond acceptors (Lipinski definition) is 7. The van der Waals surface area contributed by atoms with Crippen LogP contribution in [0, 0.1) is 0 Å². The number of hydrogen-bond donors (Lipinski definition) is 1. The zero-order valence-electron chi connectivity index (χ0n) is 21.4. The molecule has 1 amide bonds. The molecule has 0 unspecified atom stereocenters. The smallest absolute Gasteiger partial charge is 0.493 e. The van der Waals surface area contributed by atoms with Crippen LogP contribution in [0.25, 0.3) is 5.69 Å². The maximum Gasteiger partial charge on any atom is 0.501 e. The van der Waals surface area contributed by atoms with E-state index in [4.69, 9.17) is 0 Å². The molecule has 1 fully saturated rings. The van der Waals surface area contributed by atoms with Gasteiger partial charge in [0.15, 0.2) is 0 Å². The van der Waals surface area contributed by atoms with E-state index in [1.807, 2.05) is 30.3 Å². The van der Waals surface area contributed by atoms with E-state index in [-0.39, 0.29) is 23.8 Å². The number of aromatic nitrogens is 3. The topological polar surface area (TPSA) is 118 Å².